The van der Waals surface area contributed by atoms with Crippen LogP contribution in [0.4, 0.5) is 23.5 Å². The molecule has 0 saturated carbocycles. The SMILES string of the molecule is Cc1cc(Cl)c(C(N)=O)cc1Nc1nc(N[C@@H]2CCNC2)nc(N(C)CC(C)C)n1. The highest BCUT2D eigenvalue weighted by atomic mass is 35.5. The number of nitrogens with two attached hydrogens (primary N) is 1. The number of anilines is 4. The normalized spacial score (nSPS) is 16.0. The van der Waals surface area contributed by atoms with Crippen LogP contribution in [0.1, 0.15) is 36.2 Å². The third-order valence-corrected chi connectivity index (χ3v) is 5.14. The molecule has 9 nitrogen and oxygen atoms in total. The van der Waals surface area contributed by atoms with Gasteiger partial charge in [-0.1, -0.05) is 25.4 Å². The molecule has 1 aliphatic rings. The predicted octanol–water partition coefficient (Wildman–Crippen LogP) is 2.54. The molecule has 0 bridgehead atoms. The van der Waals surface area contributed by atoms with Crippen molar-refractivity contribution in [3.63, 3.8) is 0 Å². The van der Waals surface area contributed by atoms with E-state index >= 15 is 0 Å². The van der Waals surface area contributed by atoms with Gasteiger partial charge in [0.25, 0.3) is 0 Å². The van der Waals surface area contributed by atoms with Crippen molar-refractivity contribution in [1.82, 2.24) is 20.3 Å². The van der Waals surface area contributed by atoms with Crippen molar-refractivity contribution in [2.75, 3.05) is 42.2 Å². The van der Waals surface area contributed by atoms with Gasteiger partial charge in [-0.25, -0.2) is 0 Å². The molecule has 1 atom stereocenters. The highest BCUT2D eigenvalue weighted by Gasteiger charge is 2.18. The first kappa shape index (κ1) is 22.0. The minimum Gasteiger partial charge on any atom is -0.366 e. The monoisotopic (exact) mass is 432 g/mol. The lowest BCUT2D eigenvalue weighted by Crippen LogP contribution is -2.27. The van der Waals surface area contributed by atoms with Crippen LogP contribution >= 0.6 is 11.6 Å². The van der Waals surface area contributed by atoms with Gasteiger partial charge in [0.15, 0.2) is 0 Å². The zero-order valence-electron chi connectivity index (χ0n) is 17.8. The van der Waals surface area contributed by atoms with Gasteiger partial charge < -0.3 is 26.6 Å². The number of nitrogens with zero attached hydrogens (tertiary/aromatic N) is 4. The number of carbonyl (C=O) groups is 1. The number of benzene rings is 1. The summed E-state index contributed by atoms with van der Waals surface area (Å²) in [4.78, 5) is 27.4. The van der Waals surface area contributed by atoms with Crippen molar-refractivity contribution >= 4 is 41.0 Å². The number of aromatic nitrogens is 3. The van der Waals surface area contributed by atoms with Crippen LogP contribution in [0, 0.1) is 12.8 Å². The topological polar surface area (TPSA) is 121 Å². The Morgan fingerprint density at radius 1 is 1.33 bits per heavy atom. The van der Waals surface area contributed by atoms with Crippen molar-refractivity contribution in [3.8, 4) is 0 Å². The summed E-state index contributed by atoms with van der Waals surface area (Å²) in [6.07, 6.45) is 1.00. The van der Waals surface area contributed by atoms with Crippen molar-refractivity contribution in [1.29, 1.82) is 0 Å². The van der Waals surface area contributed by atoms with Crippen molar-refractivity contribution in [3.05, 3.63) is 28.3 Å². The van der Waals surface area contributed by atoms with E-state index in [0.717, 1.165) is 31.6 Å². The van der Waals surface area contributed by atoms with Crippen LogP contribution in [0.5, 0.6) is 0 Å². The number of halogens is 1. The lowest BCUT2D eigenvalue weighted by atomic mass is 10.1. The van der Waals surface area contributed by atoms with E-state index in [1.807, 2.05) is 18.9 Å². The van der Waals surface area contributed by atoms with E-state index in [1.165, 1.54) is 0 Å². The number of nitrogens with one attached hydrogen (secondary N) is 3. The fourth-order valence-corrected chi connectivity index (χ4v) is 3.67. The van der Waals surface area contributed by atoms with Gasteiger partial charge in [-0.2, -0.15) is 15.0 Å². The van der Waals surface area contributed by atoms with Crippen LogP contribution in [0.2, 0.25) is 5.02 Å². The highest BCUT2D eigenvalue weighted by molar-refractivity contribution is 6.34. The summed E-state index contributed by atoms with van der Waals surface area (Å²) < 4.78 is 0. The number of primary amides is 1. The minimum absolute atomic E-state index is 0.242. The van der Waals surface area contributed by atoms with Crippen LogP contribution in [-0.4, -0.2) is 53.6 Å². The molecule has 0 aliphatic carbocycles. The Bertz CT molecular complexity index is 914. The van der Waals surface area contributed by atoms with Crippen molar-refractivity contribution in [2.45, 2.75) is 33.2 Å². The first-order valence-electron chi connectivity index (χ1n) is 10.0. The molecule has 5 N–H and O–H groups in total. The summed E-state index contributed by atoms with van der Waals surface area (Å²) >= 11 is 6.14. The molecular formula is C20H29ClN8O. The summed E-state index contributed by atoms with van der Waals surface area (Å²) in [6.45, 7) is 8.80. The van der Waals surface area contributed by atoms with Crippen LogP contribution in [-0.2, 0) is 0 Å². The van der Waals surface area contributed by atoms with E-state index in [-0.39, 0.29) is 11.6 Å². The maximum absolute atomic E-state index is 11.7. The zero-order chi connectivity index (χ0) is 21.8. The third kappa shape index (κ3) is 5.48. The first-order chi connectivity index (χ1) is 14.2. The molecule has 0 spiro atoms. The Hall–Kier alpha value is -2.65. The lowest BCUT2D eigenvalue weighted by molar-refractivity contribution is 0.100. The van der Waals surface area contributed by atoms with Gasteiger partial charge in [-0.3, -0.25) is 4.79 Å². The standard InChI is InChI=1S/C20H29ClN8O/c1-11(2)10-29(4)20-27-18(24-13-5-6-23-9-13)26-19(28-20)25-16-8-14(17(22)30)15(21)7-12(16)3/h7-8,11,13,23H,5-6,9-10H2,1-4H3,(H2,22,30)(H2,24,25,26,27,28)/t13-/m1/s1. The summed E-state index contributed by atoms with van der Waals surface area (Å²) in [6, 6.07) is 3.58. The molecule has 2 heterocycles. The number of rotatable bonds is 8. The largest absolute Gasteiger partial charge is 0.366 e. The Morgan fingerprint density at radius 3 is 2.70 bits per heavy atom. The summed E-state index contributed by atoms with van der Waals surface area (Å²) in [5, 5.41) is 10.2. The minimum atomic E-state index is -0.591. The molecule has 1 amide bonds. The second kappa shape index (κ2) is 9.44. The van der Waals surface area contributed by atoms with Gasteiger partial charge in [-0.05, 0) is 43.5 Å². The van der Waals surface area contributed by atoms with E-state index in [1.54, 1.807) is 12.1 Å². The van der Waals surface area contributed by atoms with Gasteiger partial charge in [0.05, 0.1) is 10.6 Å². The van der Waals surface area contributed by atoms with E-state index in [9.17, 15) is 4.79 Å². The van der Waals surface area contributed by atoms with Crippen LogP contribution in [0.3, 0.4) is 0 Å². The van der Waals surface area contributed by atoms with Gasteiger partial charge in [0, 0.05) is 31.9 Å². The number of amides is 1. The lowest BCUT2D eigenvalue weighted by Gasteiger charge is -2.21. The molecule has 1 aliphatic heterocycles. The maximum atomic E-state index is 11.7. The fraction of sp³-hybridized carbons (Fsp3) is 0.500. The molecule has 162 valence electrons. The van der Waals surface area contributed by atoms with E-state index < -0.39 is 5.91 Å². The molecule has 10 heteroatoms. The smallest absolute Gasteiger partial charge is 0.250 e. The zero-order valence-corrected chi connectivity index (χ0v) is 18.5. The second-order valence-corrected chi connectivity index (χ2v) is 8.43. The molecule has 30 heavy (non-hydrogen) atoms. The molecule has 0 unspecified atom stereocenters. The molecule has 1 saturated heterocycles. The Balaban J connectivity index is 1.94. The van der Waals surface area contributed by atoms with Gasteiger partial charge in [0.1, 0.15) is 0 Å². The van der Waals surface area contributed by atoms with Gasteiger partial charge in [0.2, 0.25) is 23.8 Å². The molecule has 1 aromatic carbocycles. The number of aryl methyl sites for hydroxylation is 1. The van der Waals surface area contributed by atoms with Gasteiger partial charge in [-0.15, -0.1) is 0 Å². The predicted molar refractivity (Wildman–Crippen MR) is 121 cm³/mol. The molecule has 2 aromatic rings. The second-order valence-electron chi connectivity index (χ2n) is 8.03. The van der Waals surface area contributed by atoms with Crippen LogP contribution in [0.15, 0.2) is 12.1 Å². The molecule has 0 radical (unpaired) electrons. The Kier molecular flexibility index (Phi) is 6.94. The van der Waals surface area contributed by atoms with Crippen molar-refractivity contribution < 1.29 is 4.79 Å². The van der Waals surface area contributed by atoms with Crippen LogP contribution < -0.4 is 26.6 Å². The average molecular weight is 433 g/mol. The summed E-state index contributed by atoms with van der Waals surface area (Å²) in [5.74, 6) is 1.32. The molecule has 3 rings (SSSR count). The number of carbonyl (C=O) groups excluding carboxylic acids is 1. The fourth-order valence-electron chi connectivity index (χ4n) is 3.36. The number of hydrogen-bond acceptors (Lipinski definition) is 8. The molecule has 1 aromatic heterocycles. The summed E-state index contributed by atoms with van der Waals surface area (Å²) in [7, 11) is 1.96. The van der Waals surface area contributed by atoms with Crippen LogP contribution in [0.25, 0.3) is 0 Å². The Morgan fingerprint density at radius 2 is 2.07 bits per heavy atom. The van der Waals surface area contributed by atoms with E-state index in [0.29, 0.717) is 34.5 Å². The Labute approximate surface area is 181 Å². The molecule has 1 fully saturated rings. The average Bonchev–Trinajstić information content (AvgIpc) is 3.16. The third-order valence-electron chi connectivity index (χ3n) is 4.82. The number of hydrogen-bond donors (Lipinski definition) is 4. The quantitative estimate of drug-likeness (QED) is 0.502. The van der Waals surface area contributed by atoms with Gasteiger partial charge >= 0.3 is 0 Å². The van der Waals surface area contributed by atoms with E-state index in [2.05, 4.69) is 44.7 Å². The summed E-state index contributed by atoms with van der Waals surface area (Å²) in [5.41, 5.74) is 7.18. The van der Waals surface area contributed by atoms with E-state index in [4.69, 9.17) is 17.3 Å². The van der Waals surface area contributed by atoms with Crippen molar-refractivity contribution in [2.24, 2.45) is 11.7 Å². The first-order valence-corrected chi connectivity index (χ1v) is 10.4. The molecular weight excluding hydrogens is 404 g/mol. The maximum Gasteiger partial charge on any atom is 0.250 e. The highest BCUT2D eigenvalue weighted by Crippen LogP contribution is 2.27.